The van der Waals surface area contributed by atoms with E-state index in [9.17, 15) is 24.7 Å². The molecule has 110 valence electrons. The zero-order valence-corrected chi connectivity index (χ0v) is 10.9. The van der Waals surface area contributed by atoms with Gasteiger partial charge in [-0.25, -0.2) is 0 Å². The fraction of sp³-hybridized carbons (Fsp3) is 0.385. The first kappa shape index (κ1) is 13.8. The molecule has 3 atom stereocenters. The number of nitrogens with zero attached hydrogens (tertiary/aromatic N) is 2. The van der Waals surface area contributed by atoms with Crippen LogP contribution in [0.25, 0.3) is 0 Å². The Morgan fingerprint density at radius 3 is 2.62 bits per heavy atom. The third kappa shape index (κ3) is 2.04. The Hall–Kier alpha value is -2.16. The third-order valence-electron chi connectivity index (χ3n) is 3.82. The summed E-state index contributed by atoms with van der Waals surface area (Å²) >= 11 is 0. The van der Waals surface area contributed by atoms with Crippen LogP contribution >= 0.6 is 0 Å². The number of carbonyl (C=O) groups is 2. The summed E-state index contributed by atoms with van der Waals surface area (Å²) in [4.78, 5) is 36.5. The number of nitroso groups, excluding NO2 is 1. The standard InChI is InChI=1S/C13H13N3O5/c17-9-5-4-8(11(18)14-9)16-12(19)6-2-1-3-7(15-21)10(6)13(16)20/h1-3,8-9,11,14,17-18H,4-5H2. The number of benzene rings is 1. The van der Waals surface area contributed by atoms with Crippen molar-refractivity contribution < 1.29 is 19.8 Å². The van der Waals surface area contributed by atoms with Crippen LogP contribution in [0.1, 0.15) is 33.6 Å². The van der Waals surface area contributed by atoms with Gasteiger partial charge in [0.1, 0.15) is 18.1 Å². The fourth-order valence-electron chi connectivity index (χ4n) is 2.81. The summed E-state index contributed by atoms with van der Waals surface area (Å²) in [6.45, 7) is 0. The maximum atomic E-state index is 12.4. The lowest BCUT2D eigenvalue weighted by molar-refractivity contribution is -0.0413. The van der Waals surface area contributed by atoms with Crippen LogP contribution in [-0.2, 0) is 0 Å². The van der Waals surface area contributed by atoms with Gasteiger partial charge in [0, 0.05) is 0 Å². The first-order chi connectivity index (χ1) is 10.0. The van der Waals surface area contributed by atoms with Crippen LogP contribution in [0.3, 0.4) is 0 Å². The minimum absolute atomic E-state index is 0.0316. The maximum Gasteiger partial charge on any atom is 0.264 e. The van der Waals surface area contributed by atoms with E-state index in [2.05, 4.69) is 10.5 Å². The van der Waals surface area contributed by atoms with Gasteiger partial charge in [0.25, 0.3) is 11.8 Å². The van der Waals surface area contributed by atoms with E-state index in [-0.39, 0.29) is 23.2 Å². The molecule has 3 rings (SSSR count). The van der Waals surface area contributed by atoms with Crippen LogP contribution in [0.15, 0.2) is 23.4 Å². The molecule has 3 N–H and O–H groups in total. The maximum absolute atomic E-state index is 12.4. The van der Waals surface area contributed by atoms with Gasteiger partial charge in [-0.15, -0.1) is 4.91 Å². The average molecular weight is 291 g/mol. The molecule has 0 radical (unpaired) electrons. The van der Waals surface area contributed by atoms with Crippen molar-refractivity contribution in [3.63, 3.8) is 0 Å². The Morgan fingerprint density at radius 1 is 1.19 bits per heavy atom. The first-order valence-electron chi connectivity index (χ1n) is 6.51. The monoisotopic (exact) mass is 291 g/mol. The van der Waals surface area contributed by atoms with E-state index in [1.807, 2.05) is 0 Å². The van der Waals surface area contributed by atoms with Gasteiger partial charge in [-0.3, -0.25) is 19.8 Å². The number of hydrogen-bond donors (Lipinski definition) is 3. The second-order valence-electron chi connectivity index (χ2n) is 5.04. The third-order valence-corrected chi connectivity index (χ3v) is 3.82. The van der Waals surface area contributed by atoms with Crippen LogP contribution in [-0.4, -0.2) is 45.4 Å². The van der Waals surface area contributed by atoms with E-state index >= 15 is 0 Å². The summed E-state index contributed by atoms with van der Waals surface area (Å²) in [7, 11) is 0. The molecular weight excluding hydrogens is 278 g/mol. The number of rotatable bonds is 2. The van der Waals surface area contributed by atoms with E-state index in [0.29, 0.717) is 6.42 Å². The van der Waals surface area contributed by atoms with E-state index in [1.165, 1.54) is 18.2 Å². The molecule has 0 aromatic heterocycles. The van der Waals surface area contributed by atoms with Gasteiger partial charge in [0.15, 0.2) is 0 Å². The van der Waals surface area contributed by atoms with Crippen LogP contribution < -0.4 is 5.32 Å². The van der Waals surface area contributed by atoms with Crippen LogP contribution in [0.4, 0.5) is 5.69 Å². The van der Waals surface area contributed by atoms with Crippen molar-refractivity contribution >= 4 is 17.5 Å². The second kappa shape index (κ2) is 4.99. The number of nitrogens with one attached hydrogen (secondary N) is 1. The smallest absolute Gasteiger partial charge is 0.264 e. The van der Waals surface area contributed by atoms with Crippen molar-refractivity contribution in [1.29, 1.82) is 0 Å². The highest BCUT2D eigenvalue weighted by Crippen LogP contribution is 2.34. The Bertz CT molecular complexity index is 632. The molecular formula is C13H13N3O5. The lowest BCUT2D eigenvalue weighted by Gasteiger charge is -2.36. The Morgan fingerprint density at radius 2 is 1.95 bits per heavy atom. The number of hydrogen-bond acceptors (Lipinski definition) is 7. The van der Waals surface area contributed by atoms with Crippen molar-refractivity contribution in [2.45, 2.75) is 31.3 Å². The summed E-state index contributed by atoms with van der Waals surface area (Å²) in [6, 6.07) is 3.49. The zero-order chi connectivity index (χ0) is 15.1. The lowest BCUT2D eigenvalue weighted by Crippen LogP contribution is -2.58. The van der Waals surface area contributed by atoms with Crippen molar-refractivity contribution in [2.75, 3.05) is 0 Å². The lowest BCUT2D eigenvalue weighted by atomic mass is 10.0. The molecule has 1 fully saturated rings. The van der Waals surface area contributed by atoms with Gasteiger partial charge in [0.2, 0.25) is 0 Å². The van der Waals surface area contributed by atoms with E-state index in [0.717, 1.165) is 4.90 Å². The molecule has 2 aliphatic heterocycles. The molecule has 21 heavy (non-hydrogen) atoms. The molecule has 2 heterocycles. The van der Waals surface area contributed by atoms with Gasteiger partial charge in [0.05, 0.1) is 17.2 Å². The molecule has 0 bridgehead atoms. The largest absolute Gasteiger partial charge is 0.379 e. The van der Waals surface area contributed by atoms with Crippen molar-refractivity contribution in [3.05, 3.63) is 34.2 Å². The number of aliphatic hydroxyl groups excluding tert-OH is 2. The molecule has 1 saturated heterocycles. The van der Waals surface area contributed by atoms with Gasteiger partial charge >= 0.3 is 0 Å². The summed E-state index contributed by atoms with van der Waals surface area (Å²) < 4.78 is 0. The Labute approximate surface area is 119 Å². The van der Waals surface area contributed by atoms with Gasteiger partial charge in [-0.1, -0.05) is 6.07 Å². The van der Waals surface area contributed by atoms with Crippen molar-refractivity contribution in [2.24, 2.45) is 5.18 Å². The number of amides is 2. The highest BCUT2D eigenvalue weighted by molar-refractivity contribution is 6.23. The first-order valence-corrected chi connectivity index (χ1v) is 6.51. The number of aliphatic hydroxyl groups is 2. The molecule has 1 aromatic carbocycles. The summed E-state index contributed by atoms with van der Waals surface area (Å²) in [6.07, 6.45) is -1.53. The normalized spacial score (nSPS) is 28.7. The highest BCUT2D eigenvalue weighted by atomic mass is 16.3. The topological polar surface area (TPSA) is 119 Å². The molecule has 8 nitrogen and oxygen atoms in total. The van der Waals surface area contributed by atoms with E-state index in [1.54, 1.807) is 0 Å². The highest BCUT2D eigenvalue weighted by Gasteiger charge is 2.45. The van der Waals surface area contributed by atoms with Gasteiger partial charge in [-0.2, -0.15) is 0 Å². The molecule has 2 aliphatic rings. The van der Waals surface area contributed by atoms with E-state index < -0.39 is 30.3 Å². The molecule has 0 spiro atoms. The minimum Gasteiger partial charge on any atom is -0.379 e. The van der Waals surface area contributed by atoms with Gasteiger partial charge in [-0.05, 0) is 30.2 Å². The number of piperidine rings is 1. The number of carbonyl (C=O) groups excluding carboxylic acids is 2. The molecule has 8 heteroatoms. The quantitative estimate of drug-likeness (QED) is 0.524. The number of fused-ring (bicyclic) bond motifs is 1. The van der Waals surface area contributed by atoms with Crippen LogP contribution in [0, 0.1) is 4.91 Å². The summed E-state index contributed by atoms with van der Waals surface area (Å²) in [5.74, 6) is -1.21. The van der Waals surface area contributed by atoms with Gasteiger partial charge < -0.3 is 10.2 Å². The predicted octanol–water partition coefficient (Wildman–Crippen LogP) is 0.0693. The van der Waals surface area contributed by atoms with Crippen LogP contribution in [0.2, 0.25) is 0 Å². The minimum atomic E-state index is -1.22. The number of imide groups is 1. The Balaban J connectivity index is 1.98. The van der Waals surface area contributed by atoms with Crippen molar-refractivity contribution in [3.8, 4) is 0 Å². The zero-order valence-electron chi connectivity index (χ0n) is 10.9. The average Bonchev–Trinajstić information content (AvgIpc) is 2.72. The van der Waals surface area contributed by atoms with E-state index in [4.69, 9.17) is 0 Å². The van der Waals surface area contributed by atoms with Crippen molar-refractivity contribution in [1.82, 2.24) is 10.2 Å². The second-order valence-corrected chi connectivity index (χ2v) is 5.04. The summed E-state index contributed by atoms with van der Waals surface area (Å²) in [5, 5.41) is 24.6. The molecule has 1 aromatic rings. The molecule has 2 amide bonds. The predicted molar refractivity (Wildman–Crippen MR) is 70.6 cm³/mol. The fourth-order valence-corrected chi connectivity index (χ4v) is 2.81. The SMILES string of the molecule is O=Nc1cccc2c1C(=O)N(C1CCC(O)NC1O)C2=O. The summed E-state index contributed by atoms with van der Waals surface area (Å²) in [5.41, 5.74) is -0.0158. The van der Waals surface area contributed by atoms with Crippen LogP contribution in [0.5, 0.6) is 0 Å². The molecule has 0 aliphatic carbocycles. The molecule has 0 saturated carbocycles. The molecule has 3 unspecified atom stereocenters. The Kier molecular flexibility index (Phi) is 3.28.